The first-order valence-corrected chi connectivity index (χ1v) is 3.53. The molecule has 1 rings (SSSR count). The highest BCUT2D eigenvalue weighted by molar-refractivity contribution is 5.07. The van der Waals surface area contributed by atoms with Crippen LogP contribution in [0.5, 0.6) is 0 Å². The van der Waals surface area contributed by atoms with Gasteiger partial charge in [-0.05, 0) is 0 Å². The summed E-state index contributed by atoms with van der Waals surface area (Å²) < 4.78 is 35.9. The van der Waals surface area contributed by atoms with Gasteiger partial charge in [-0.1, -0.05) is 13.8 Å². The molecule has 0 fully saturated rings. The maximum atomic E-state index is 12.0. The number of alkyl halides is 3. The molecule has 0 amide bonds. The molecule has 0 saturated heterocycles. The number of halogens is 3. The number of rotatable bonds is 1. The van der Waals surface area contributed by atoms with Crippen molar-refractivity contribution in [1.29, 1.82) is 0 Å². The number of hydrogen-bond donors (Lipinski definition) is 1. The van der Waals surface area contributed by atoms with Crippen LogP contribution in [0.1, 0.15) is 31.3 Å². The van der Waals surface area contributed by atoms with Crippen LogP contribution in [0.3, 0.4) is 0 Å². The lowest BCUT2D eigenvalue weighted by atomic mass is 10.2. The van der Waals surface area contributed by atoms with E-state index in [-0.39, 0.29) is 5.92 Å². The van der Waals surface area contributed by atoms with Crippen molar-refractivity contribution in [2.75, 3.05) is 0 Å². The van der Waals surface area contributed by atoms with E-state index in [9.17, 15) is 13.2 Å². The van der Waals surface area contributed by atoms with Crippen LogP contribution in [0.4, 0.5) is 13.2 Å². The molecule has 68 valence electrons. The van der Waals surface area contributed by atoms with E-state index in [0.717, 1.165) is 6.20 Å². The highest BCUT2D eigenvalue weighted by atomic mass is 19.4. The average molecular weight is 178 g/mol. The molecule has 0 atom stereocenters. The number of nitrogens with one attached hydrogen (secondary N) is 1. The second-order valence-electron chi connectivity index (χ2n) is 2.82. The molecule has 0 spiro atoms. The van der Waals surface area contributed by atoms with Gasteiger partial charge < -0.3 is 4.98 Å². The van der Waals surface area contributed by atoms with Crippen molar-refractivity contribution < 1.29 is 13.2 Å². The SMILES string of the molecule is CC(C)c1nc(C(F)(F)F)c[nH]1. The third-order valence-electron chi connectivity index (χ3n) is 1.43. The Balaban J connectivity index is 2.92. The van der Waals surface area contributed by atoms with Crippen molar-refractivity contribution >= 4 is 0 Å². The largest absolute Gasteiger partial charge is 0.434 e. The van der Waals surface area contributed by atoms with Crippen LogP contribution in [0.2, 0.25) is 0 Å². The molecular formula is C7H9F3N2. The van der Waals surface area contributed by atoms with Gasteiger partial charge in [-0.2, -0.15) is 13.2 Å². The van der Waals surface area contributed by atoms with E-state index in [0.29, 0.717) is 5.82 Å². The Morgan fingerprint density at radius 2 is 2.00 bits per heavy atom. The van der Waals surface area contributed by atoms with E-state index < -0.39 is 11.9 Å². The Morgan fingerprint density at radius 1 is 1.42 bits per heavy atom. The van der Waals surface area contributed by atoms with Gasteiger partial charge in [0, 0.05) is 12.1 Å². The lowest BCUT2D eigenvalue weighted by molar-refractivity contribution is -0.140. The van der Waals surface area contributed by atoms with Gasteiger partial charge >= 0.3 is 6.18 Å². The standard InChI is InChI=1S/C7H9F3N2/c1-4(2)6-11-3-5(12-6)7(8,9)10/h3-4H,1-2H3,(H,11,12). The van der Waals surface area contributed by atoms with Crippen molar-refractivity contribution in [2.24, 2.45) is 0 Å². The lowest BCUT2D eigenvalue weighted by Crippen LogP contribution is -2.05. The quantitative estimate of drug-likeness (QED) is 0.703. The number of aromatic amines is 1. The summed E-state index contributed by atoms with van der Waals surface area (Å²) >= 11 is 0. The molecule has 0 bridgehead atoms. The van der Waals surface area contributed by atoms with Crippen LogP contribution in [-0.4, -0.2) is 9.97 Å². The van der Waals surface area contributed by atoms with E-state index in [4.69, 9.17) is 0 Å². The van der Waals surface area contributed by atoms with E-state index in [2.05, 4.69) is 9.97 Å². The van der Waals surface area contributed by atoms with Crippen molar-refractivity contribution in [3.63, 3.8) is 0 Å². The Hall–Kier alpha value is -1.00. The van der Waals surface area contributed by atoms with Gasteiger partial charge in [-0.25, -0.2) is 4.98 Å². The maximum Gasteiger partial charge on any atom is 0.434 e. The molecule has 0 aliphatic carbocycles. The summed E-state index contributed by atoms with van der Waals surface area (Å²) in [7, 11) is 0. The van der Waals surface area contributed by atoms with Gasteiger partial charge in [0.05, 0.1) is 0 Å². The molecule has 0 aromatic carbocycles. The highest BCUT2D eigenvalue weighted by Gasteiger charge is 2.33. The van der Waals surface area contributed by atoms with Gasteiger partial charge in [-0.15, -0.1) is 0 Å². The molecule has 0 saturated carbocycles. The fourth-order valence-corrected chi connectivity index (χ4v) is 0.778. The lowest BCUT2D eigenvalue weighted by Gasteiger charge is -2.00. The Morgan fingerprint density at radius 3 is 2.25 bits per heavy atom. The Kier molecular flexibility index (Phi) is 2.12. The molecule has 1 N–H and O–H groups in total. The van der Waals surface area contributed by atoms with E-state index in [1.165, 1.54) is 0 Å². The predicted octanol–water partition coefficient (Wildman–Crippen LogP) is 2.55. The minimum absolute atomic E-state index is 0.0129. The summed E-state index contributed by atoms with van der Waals surface area (Å²) in [6.07, 6.45) is -3.46. The molecule has 5 heteroatoms. The van der Waals surface area contributed by atoms with Crippen LogP contribution >= 0.6 is 0 Å². The maximum absolute atomic E-state index is 12.0. The van der Waals surface area contributed by atoms with Crippen molar-refractivity contribution in [1.82, 2.24) is 9.97 Å². The summed E-state index contributed by atoms with van der Waals surface area (Å²) in [5, 5.41) is 0. The number of H-pyrrole nitrogens is 1. The molecule has 1 aromatic rings. The first-order valence-electron chi connectivity index (χ1n) is 3.53. The Labute approximate surface area is 67.8 Å². The zero-order valence-electron chi connectivity index (χ0n) is 6.74. The summed E-state index contributed by atoms with van der Waals surface area (Å²) in [5.74, 6) is 0.350. The van der Waals surface area contributed by atoms with E-state index >= 15 is 0 Å². The second-order valence-corrected chi connectivity index (χ2v) is 2.82. The normalized spacial score (nSPS) is 12.5. The molecule has 0 radical (unpaired) electrons. The van der Waals surface area contributed by atoms with E-state index in [1.54, 1.807) is 13.8 Å². The summed E-state index contributed by atoms with van der Waals surface area (Å²) in [6, 6.07) is 0. The van der Waals surface area contributed by atoms with Crippen LogP contribution in [0.25, 0.3) is 0 Å². The van der Waals surface area contributed by atoms with Crippen LogP contribution < -0.4 is 0 Å². The van der Waals surface area contributed by atoms with Crippen molar-refractivity contribution in [2.45, 2.75) is 25.9 Å². The summed E-state index contributed by atoms with van der Waals surface area (Å²) in [5.41, 5.74) is -0.855. The second kappa shape index (κ2) is 2.80. The number of hydrogen-bond acceptors (Lipinski definition) is 1. The van der Waals surface area contributed by atoms with Crippen molar-refractivity contribution in [3.05, 3.63) is 17.7 Å². The molecule has 2 nitrogen and oxygen atoms in total. The molecule has 0 aliphatic heterocycles. The summed E-state index contributed by atoms with van der Waals surface area (Å²) in [4.78, 5) is 5.88. The van der Waals surface area contributed by atoms with Crippen molar-refractivity contribution in [3.8, 4) is 0 Å². The minimum atomic E-state index is -4.34. The highest BCUT2D eigenvalue weighted by Crippen LogP contribution is 2.28. The fraction of sp³-hybridized carbons (Fsp3) is 0.571. The van der Waals surface area contributed by atoms with Crippen LogP contribution in [0.15, 0.2) is 6.20 Å². The first-order chi connectivity index (χ1) is 5.41. The molecule has 1 heterocycles. The predicted molar refractivity (Wildman–Crippen MR) is 37.7 cm³/mol. The molecule has 0 aliphatic rings. The Bertz CT molecular complexity index is 262. The van der Waals surface area contributed by atoms with E-state index in [1.807, 2.05) is 0 Å². The fourth-order valence-electron chi connectivity index (χ4n) is 0.778. The zero-order chi connectivity index (χ0) is 9.35. The molecular weight excluding hydrogens is 169 g/mol. The molecule has 1 aromatic heterocycles. The topological polar surface area (TPSA) is 28.7 Å². The minimum Gasteiger partial charge on any atom is -0.348 e. The number of aromatic nitrogens is 2. The number of imidazole rings is 1. The van der Waals surface area contributed by atoms with Crippen LogP contribution in [-0.2, 0) is 6.18 Å². The van der Waals surface area contributed by atoms with Gasteiger partial charge in [0.25, 0.3) is 0 Å². The first kappa shape index (κ1) is 9.09. The van der Waals surface area contributed by atoms with Gasteiger partial charge in [0.1, 0.15) is 5.82 Å². The third-order valence-corrected chi connectivity index (χ3v) is 1.43. The number of nitrogens with zero attached hydrogens (tertiary/aromatic N) is 1. The molecule has 12 heavy (non-hydrogen) atoms. The van der Waals surface area contributed by atoms with Gasteiger partial charge in [-0.3, -0.25) is 0 Å². The third kappa shape index (κ3) is 1.78. The smallest absolute Gasteiger partial charge is 0.348 e. The van der Waals surface area contributed by atoms with Gasteiger partial charge in [0.2, 0.25) is 0 Å². The summed E-state index contributed by atoms with van der Waals surface area (Å²) in [6.45, 7) is 3.55. The zero-order valence-corrected chi connectivity index (χ0v) is 6.74. The van der Waals surface area contributed by atoms with Gasteiger partial charge in [0.15, 0.2) is 5.69 Å². The van der Waals surface area contributed by atoms with Crippen LogP contribution in [0, 0.1) is 0 Å². The monoisotopic (exact) mass is 178 g/mol. The molecule has 0 unspecified atom stereocenters. The average Bonchev–Trinajstić information content (AvgIpc) is 2.30.